The normalized spacial score (nSPS) is 19.9. The van der Waals surface area contributed by atoms with Gasteiger partial charge >= 0.3 is 0 Å². The number of hydrogen-bond acceptors (Lipinski definition) is 4. The lowest BCUT2D eigenvalue weighted by Gasteiger charge is -2.21. The number of thiazole rings is 1. The Morgan fingerprint density at radius 3 is 3.00 bits per heavy atom. The molecule has 2 heterocycles. The quantitative estimate of drug-likeness (QED) is 0.856. The molecule has 1 aliphatic heterocycles. The summed E-state index contributed by atoms with van der Waals surface area (Å²) >= 11 is 1.51. The van der Waals surface area contributed by atoms with E-state index in [2.05, 4.69) is 15.6 Å². The first-order valence-electron chi connectivity index (χ1n) is 5.22. The van der Waals surface area contributed by atoms with Crippen molar-refractivity contribution in [3.63, 3.8) is 0 Å². The van der Waals surface area contributed by atoms with Crippen molar-refractivity contribution in [2.24, 2.45) is 0 Å². The minimum Gasteiger partial charge on any atom is -0.306 e. The minimum atomic E-state index is -0.0389. The van der Waals surface area contributed by atoms with Crippen LogP contribution in [0.25, 0.3) is 0 Å². The van der Waals surface area contributed by atoms with Crippen LogP contribution < -0.4 is 10.6 Å². The number of carbonyl (C=O) groups is 1. The van der Waals surface area contributed by atoms with Gasteiger partial charge < -0.3 is 10.6 Å². The highest BCUT2D eigenvalue weighted by atomic mass is 35.5. The third-order valence-corrected chi connectivity index (χ3v) is 3.31. The fourth-order valence-electron chi connectivity index (χ4n) is 1.68. The summed E-state index contributed by atoms with van der Waals surface area (Å²) in [4.78, 5) is 17.0. The average molecular weight is 262 g/mol. The molecular formula is C10H16ClN3OS. The van der Waals surface area contributed by atoms with Gasteiger partial charge in [-0.15, -0.1) is 23.7 Å². The summed E-state index contributed by atoms with van der Waals surface area (Å²) in [6.45, 7) is 2.92. The molecule has 0 bridgehead atoms. The predicted molar refractivity (Wildman–Crippen MR) is 68.4 cm³/mol. The number of piperidine rings is 1. The van der Waals surface area contributed by atoms with Gasteiger partial charge in [0.25, 0.3) is 0 Å². The van der Waals surface area contributed by atoms with Crippen molar-refractivity contribution in [1.82, 2.24) is 10.3 Å². The van der Waals surface area contributed by atoms with Crippen molar-refractivity contribution in [3.8, 4) is 0 Å². The van der Waals surface area contributed by atoms with Crippen LogP contribution in [0, 0.1) is 6.92 Å². The van der Waals surface area contributed by atoms with Crippen LogP contribution in [0.5, 0.6) is 0 Å². The zero-order valence-corrected chi connectivity index (χ0v) is 10.8. The van der Waals surface area contributed by atoms with Gasteiger partial charge in [-0.3, -0.25) is 4.79 Å². The van der Waals surface area contributed by atoms with E-state index in [0.29, 0.717) is 5.13 Å². The molecule has 1 aromatic rings. The Balaban J connectivity index is 0.00000128. The Bertz CT molecular complexity index is 350. The second kappa shape index (κ2) is 6.18. The Kier molecular flexibility index (Phi) is 5.18. The molecule has 1 aliphatic rings. The number of halogens is 1. The first-order valence-corrected chi connectivity index (χ1v) is 6.04. The third kappa shape index (κ3) is 3.43. The average Bonchev–Trinajstić information content (AvgIpc) is 2.65. The molecule has 1 saturated heterocycles. The van der Waals surface area contributed by atoms with Gasteiger partial charge in [0.1, 0.15) is 0 Å². The fraction of sp³-hybridized carbons (Fsp3) is 0.600. The zero-order valence-electron chi connectivity index (χ0n) is 9.16. The Hall–Kier alpha value is -0.650. The molecule has 2 N–H and O–H groups in total. The molecule has 0 radical (unpaired) electrons. The van der Waals surface area contributed by atoms with Crippen LogP contribution in [0.2, 0.25) is 0 Å². The highest BCUT2D eigenvalue weighted by Gasteiger charge is 2.20. The molecule has 2 rings (SSSR count). The summed E-state index contributed by atoms with van der Waals surface area (Å²) in [5, 5.41) is 6.75. The predicted octanol–water partition coefficient (Wildman–Crippen LogP) is 1.95. The lowest BCUT2D eigenvalue weighted by molar-refractivity contribution is -0.118. The highest BCUT2D eigenvalue weighted by molar-refractivity contribution is 7.15. The van der Waals surface area contributed by atoms with Gasteiger partial charge in [0.05, 0.1) is 6.04 Å². The molecule has 1 unspecified atom stereocenters. The number of amides is 1. The van der Waals surface area contributed by atoms with E-state index in [9.17, 15) is 4.79 Å². The van der Waals surface area contributed by atoms with Crippen molar-refractivity contribution < 1.29 is 4.79 Å². The lowest BCUT2D eigenvalue weighted by Crippen LogP contribution is -2.43. The van der Waals surface area contributed by atoms with Crippen LogP contribution in [-0.2, 0) is 4.79 Å². The number of hydrogen-bond donors (Lipinski definition) is 2. The van der Waals surface area contributed by atoms with Crippen LogP contribution in [0.3, 0.4) is 0 Å². The molecule has 16 heavy (non-hydrogen) atoms. The van der Waals surface area contributed by atoms with Gasteiger partial charge in [0.15, 0.2) is 5.13 Å². The number of nitrogens with zero attached hydrogens (tertiary/aromatic N) is 1. The van der Waals surface area contributed by atoms with E-state index >= 15 is 0 Å². The molecular weight excluding hydrogens is 246 g/mol. The molecule has 1 amide bonds. The van der Waals surface area contributed by atoms with Gasteiger partial charge in [-0.25, -0.2) is 4.98 Å². The van der Waals surface area contributed by atoms with Crippen LogP contribution >= 0.6 is 23.7 Å². The Morgan fingerprint density at radius 2 is 2.44 bits per heavy atom. The summed E-state index contributed by atoms with van der Waals surface area (Å²) in [5.74, 6) is 0.0454. The summed E-state index contributed by atoms with van der Waals surface area (Å²) in [6.07, 6.45) is 4.99. The number of rotatable bonds is 2. The van der Waals surface area contributed by atoms with Crippen molar-refractivity contribution in [2.75, 3.05) is 11.9 Å². The molecule has 90 valence electrons. The summed E-state index contributed by atoms with van der Waals surface area (Å²) in [5.41, 5.74) is 0. The van der Waals surface area contributed by atoms with Gasteiger partial charge in [-0.2, -0.15) is 0 Å². The van der Waals surface area contributed by atoms with Gasteiger partial charge in [0, 0.05) is 11.1 Å². The van der Waals surface area contributed by atoms with Crippen molar-refractivity contribution >= 4 is 34.8 Å². The first kappa shape index (κ1) is 13.4. The Labute approximate surface area is 105 Å². The molecule has 6 heteroatoms. The fourth-order valence-corrected chi connectivity index (χ4v) is 2.35. The van der Waals surface area contributed by atoms with Crippen LogP contribution in [-0.4, -0.2) is 23.5 Å². The molecule has 1 aromatic heterocycles. The van der Waals surface area contributed by atoms with Crippen LogP contribution in [0.15, 0.2) is 6.20 Å². The molecule has 0 spiro atoms. The molecule has 0 aromatic carbocycles. The Morgan fingerprint density at radius 1 is 1.62 bits per heavy atom. The molecule has 1 atom stereocenters. The lowest BCUT2D eigenvalue weighted by atomic mass is 10.0. The highest BCUT2D eigenvalue weighted by Crippen LogP contribution is 2.17. The number of nitrogens with one attached hydrogen (secondary N) is 2. The van der Waals surface area contributed by atoms with Gasteiger partial charge in [-0.05, 0) is 26.3 Å². The van der Waals surface area contributed by atoms with Crippen LogP contribution in [0.1, 0.15) is 24.1 Å². The largest absolute Gasteiger partial charge is 0.306 e. The van der Waals surface area contributed by atoms with E-state index in [1.165, 1.54) is 17.8 Å². The second-order valence-electron chi connectivity index (χ2n) is 3.77. The number of anilines is 1. The SMILES string of the molecule is Cc1cnc(NC(=O)C2CCCCN2)s1.Cl. The van der Waals surface area contributed by atoms with E-state index in [4.69, 9.17) is 0 Å². The molecule has 0 saturated carbocycles. The molecule has 4 nitrogen and oxygen atoms in total. The summed E-state index contributed by atoms with van der Waals surface area (Å²) in [6, 6.07) is -0.0389. The van der Waals surface area contributed by atoms with E-state index in [0.717, 1.165) is 24.3 Å². The van der Waals surface area contributed by atoms with Gasteiger partial charge in [0.2, 0.25) is 5.91 Å². The maximum Gasteiger partial charge on any atom is 0.243 e. The van der Waals surface area contributed by atoms with E-state index < -0.39 is 0 Å². The van der Waals surface area contributed by atoms with Crippen molar-refractivity contribution in [2.45, 2.75) is 32.2 Å². The third-order valence-electron chi connectivity index (χ3n) is 2.48. The monoisotopic (exact) mass is 261 g/mol. The van der Waals surface area contributed by atoms with Crippen molar-refractivity contribution in [3.05, 3.63) is 11.1 Å². The number of aromatic nitrogens is 1. The van der Waals surface area contributed by atoms with Crippen molar-refractivity contribution in [1.29, 1.82) is 0 Å². The smallest absolute Gasteiger partial charge is 0.243 e. The summed E-state index contributed by atoms with van der Waals surface area (Å²) < 4.78 is 0. The van der Waals surface area contributed by atoms with Gasteiger partial charge in [-0.1, -0.05) is 6.42 Å². The van der Waals surface area contributed by atoms with Crippen LogP contribution in [0.4, 0.5) is 5.13 Å². The topological polar surface area (TPSA) is 54.0 Å². The standard InChI is InChI=1S/C10H15N3OS.ClH/c1-7-6-12-10(15-7)13-9(14)8-4-2-3-5-11-8;/h6,8,11H,2-5H2,1H3,(H,12,13,14);1H. The summed E-state index contributed by atoms with van der Waals surface area (Å²) in [7, 11) is 0. The second-order valence-corrected chi connectivity index (χ2v) is 5.00. The zero-order chi connectivity index (χ0) is 10.7. The first-order chi connectivity index (χ1) is 7.25. The van der Waals surface area contributed by atoms with E-state index in [1.807, 2.05) is 6.92 Å². The van der Waals surface area contributed by atoms with E-state index in [1.54, 1.807) is 6.20 Å². The molecule has 0 aliphatic carbocycles. The number of carbonyl (C=O) groups excluding carboxylic acids is 1. The number of aryl methyl sites for hydroxylation is 1. The minimum absolute atomic E-state index is 0. The molecule has 1 fully saturated rings. The van der Waals surface area contributed by atoms with E-state index in [-0.39, 0.29) is 24.4 Å². The maximum atomic E-state index is 11.8. The maximum absolute atomic E-state index is 11.8.